The van der Waals surface area contributed by atoms with Crippen molar-refractivity contribution in [1.82, 2.24) is 0 Å². The zero-order valence-corrected chi connectivity index (χ0v) is 10.3. The second-order valence-corrected chi connectivity index (χ2v) is 6.70. The first-order valence-corrected chi connectivity index (χ1v) is 7.30. The quantitative estimate of drug-likeness (QED) is 0.394. The number of carbonyl (C=O) groups is 2. The second-order valence-electron chi connectivity index (χ2n) is 3.20. The van der Waals surface area contributed by atoms with E-state index >= 15 is 0 Å². The zero-order valence-electron chi connectivity index (χ0n) is 8.64. The Labute approximate surface area is 102 Å². The predicted molar refractivity (Wildman–Crippen MR) is 60.4 cm³/mol. The Morgan fingerprint density at radius 1 is 1.24 bits per heavy atom. The fourth-order valence-electron chi connectivity index (χ4n) is 0.733. The van der Waals surface area contributed by atoms with E-state index in [0.717, 1.165) is 11.8 Å². The first kappa shape index (κ1) is 16.2. The SMILES string of the molecule is N[C@@H](CSCS(=O)(=O)C[C@@H](O)C(=O)O)C(=O)O. The van der Waals surface area contributed by atoms with Crippen LogP contribution in [0.2, 0.25) is 0 Å². The van der Waals surface area contributed by atoms with Gasteiger partial charge in [-0.15, -0.1) is 11.8 Å². The van der Waals surface area contributed by atoms with Crippen molar-refractivity contribution in [2.45, 2.75) is 12.1 Å². The molecule has 0 aliphatic carbocycles. The van der Waals surface area contributed by atoms with Crippen LogP contribution in [0.5, 0.6) is 0 Å². The summed E-state index contributed by atoms with van der Waals surface area (Å²) in [5, 5.41) is 25.1. The van der Waals surface area contributed by atoms with Crippen LogP contribution < -0.4 is 5.73 Å². The largest absolute Gasteiger partial charge is 0.480 e. The lowest BCUT2D eigenvalue weighted by Gasteiger charge is -2.08. The molecule has 0 aliphatic heterocycles. The van der Waals surface area contributed by atoms with Gasteiger partial charge in [-0.2, -0.15) is 0 Å². The van der Waals surface area contributed by atoms with Gasteiger partial charge >= 0.3 is 11.9 Å². The van der Waals surface area contributed by atoms with Crippen molar-refractivity contribution in [3.63, 3.8) is 0 Å². The Hall–Kier alpha value is -0.840. The van der Waals surface area contributed by atoms with Crippen LogP contribution >= 0.6 is 11.8 Å². The maximum atomic E-state index is 11.3. The summed E-state index contributed by atoms with van der Waals surface area (Å²) in [5.41, 5.74) is 5.14. The molecule has 0 spiro atoms. The van der Waals surface area contributed by atoms with Crippen molar-refractivity contribution in [3.8, 4) is 0 Å². The number of hydrogen-bond donors (Lipinski definition) is 4. The number of thioether (sulfide) groups is 1. The van der Waals surface area contributed by atoms with Gasteiger partial charge in [-0.3, -0.25) is 4.79 Å². The second kappa shape index (κ2) is 6.79. The number of rotatable bonds is 8. The fraction of sp³-hybridized carbons (Fsp3) is 0.714. The molecule has 8 nitrogen and oxygen atoms in total. The number of aliphatic carboxylic acids is 2. The van der Waals surface area contributed by atoms with Crippen LogP contribution in [-0.4, -0.2) is 64.4 Å². The van der Waals surface area contributed by atoms with E-state index < -0.39 is 44.8 Å². The normalized spacial score (nSPS) is 15.2. The first-order valence-electron chi connectivity index (χ1n) is 4.33. The third-order valence-electron chi connectivity index (χ3n) is 1.57. The average Bonchev–Trinajstić information content (AvgIpc) is 2.15. The Bertz CT molecular complexity index is 380. The number of sulfone groups is 1. The van der Waals surface area contributed by atoms with Crippen molar-refractivity contribution in [3.05, 3.63) is 0 Å². The Balaban J connectivity index is 4.11. The molecule has 0 saturated heterocycles. The van der Waals surface area contributed by atoms with Crippen LogP contribution in [0, 0.1) is 0 Å². The highest BCUT2D eigenvalue weighted by molar-refractivity contribution is 8.12. The van der Waals surface area contributed by atoms with Crippen LogP contribution in [0.3, 0.4) is 0 Å². The van der Waals surface area contributed by atoms with Crippen molar-refractivity contribution >= 4 is 33.5 Å². The number of carboxylic acid groups (broad SMARTS) is 2. The highest BCUT2D eigenvalue weighted by Crippen LogP contribution is 2.08. The summed E-state index contributed by atoms with van der Waals surface area (Å²) in [4.78, 5) is 20.5. The molecule has 0 aromatic heterocycles. The number of hydrogen-bond acceptors (Lipinski definition) is 7. The van der Waals surface area contributed by atoms with Gasteiger partial charge in [-0.1, -0.05) is 0 Å². The van der Waals surface area contributed by atoms with Gasteiger partial charge in [0, 0.05) is 5.75 Å². The van der Waals surface area contributed by atoms with Gasteiger partial charge in [-0.05, 0) is 0 Å². The monoisotopic (exact) mass is 287 g/mol. The molecule has 0 radical (unpaired) electrons. The van der Waals surface area contributed by atoms with E-state index in [9.17, 15) is 18.0 Å². The van der Waals surface area contributed by atoms with Gasteiger partial charge in [-0.25, -0.2) is 13.2 Å². The van der Waals surface area contributed by atoms with Gasteiger partial charge in [0.1, 0.15) is 6.04 Å². The molecule has 10 heteroatoms. The zero-order chi connectivity index (χ0) is 13.6. The van der Waals surface area contributed by atoms with Gasteiger partial charge in [0.25, 0.3) is 0 Å². The molecule has 0 aliphatic rings. The molecule has 100 valence electrons. The number of aliphatic hydroxyl groups is 1. The van der Waals surface area contributed by atoms with Gasteiger partial charge < -0.3 is 21.1 Å². The van der Waals surface area contributed by atoms with E-state index in [1.165, 1.54) is 0 Å². The topological polar surface area (TPSA) is 155 Å². The predicted octanol–water partition coefficient (Wildman–Crippen LogP) is -2.05. The molecule has 2 atom stereocenters. The summed E-state index contributed by atoms with van der Waals surface area (Å²) >= 11 is 0.752. The van der Waals surface area contributed by atoms with Crippen molar-refractivity contribution < 1.29 is 33.3 Å². The smallest absolute Gasteiger partial charge is 0.333 e. The summed E-state index contributed by atoms with van der Waals surface area (Å²) in [5.74, 6) is -3.89. The fourth-order valence-corrected chi connectivity index (χ4v) is 3.54. The minimum atomic E-state index is -3.76. The number of aliphatic hydroxyl groups excluding tert-OH is 1. The van der Waals surface area contributed by atoms with E-state index in [4.69, 9.17) is 21.1 Å². The molecule has 0 unspecified atom stereocenters. The first-order chi connectivity index (χ1) is 7.65. The number of carboxylic acids is 2. The summed E-state index contributed by atoms with van der Waals surface area (Å²) in [6, 6.07) is -1.18. The van der Waals surface area contributed by atoms with Crippen molar-refractivity contribution in [2.24, 2.45) is 5.73 Å². The molecule has 0 saturated carbocycles. The minimum Gasteiger partial charge on any atom is -0.480 e. The lowest BCUT2D eigenvalue weighted by molar-refractivity contribution is -0.145. The summed E-state index contributed by atoms with van der Waals surface area (Å²) in [7, 11) is -3.76. The van der Waals surface area contributed by atoms with Gasteiger partial charge in [0.15, 0.2) is 15.9 Å². The number of nitrogens with two attached hydrogens (primary N) is 1. The molecule has 5 N–H and O–H groups in total. The molecular weight excluding hydrogens is 274 g/mol. The Morgan fingerprint density at radius 3 is 2.18 bits per heavy atom. The van der Waals surface area contributed by atoms with Crippen molar-refractivity contribution in [2.75, 3.05) is 16.6 Å². The van der Waals surface area contributed by atoms with Crippen LogP contribution in [0.4, 0.5) is 0 Å². The van der Waals surface area contributed by atoms with Crippen LogP contribution in [0.1, 0.15) is 0 Å². The van der Waals surface area contributed by atoms with Crippen LogP contribution in [0.25, 0.3) is 0 Å². The van der Waals surface area contributed by atoms with Crippen LogP contribution in [-0.2, 0) is 19.4 Å². The summed E-state index contributed by atoms with van der Waals surface area (Å²) in [6.45, 7) is 0. The molecule has 0 heterocycles. The van der Waals surface area contributed by atoms with Gasteiger partial charge in [0.05, 0.1) is 10.8 Å². The molecule has 17 heavy (non-hydrogen) atoms. The summed E-state index contributed by atoms with van der Waals surface area (Å²) in [6.07, 6.45) is -1.98. The van der Waals surface area contributed by atoms with E-state index in [0.29, 0.717) is 0 Å². The maximum absolute atomic E-state index is 11.3. The Morgan fingerprint density at radius 2 is 1.76 bits per heavy atom. The van der Waals surface area contributed by atoms with Crippen molar-refractivity contribution in [1.29, 1.82) is 0 Å². The Kier molecular flexibility index (Phi) is 6.45. The van der Waals surface area contributed by atoms with E-state index in [2.05, 4.69) is 0 Å². The third-order valence-corrected chi connectivity index (χ3v) is 5.10. The molecule has 0 aromatic rings. The lowest BCUT2D eigenvalue weighted by atomic mass is 10.4. The molecule has 0 fully saturated rings. The highest BCUT2D eigenvalue weighted by atomic mass is 32.3. The molecule has 0 rings (SSSR count). The standard InChI is InChI=1S/C7H13NO7S2/c8-4(6(10)11)1-16-3-17(14,15)2-5(9)7(12)13/h4-5,9H,1-3,8H2,(H,10,11)(H,12,13)/t4-,5+/m0/s1. The van der Waals surface area contributed by atoms with E-state index in [-0.39, 0.29) is 5.75 Å². The maximum Gasteiger partial charge on any atom is 0.333 e. The van der Waals surface area contributed by atoms with E-state index in [1.807, 2.05) is 0 Å². The third kappa shape index (κ3) is 7.15. The molecular formula is C7H13NO7S2. The highest BCUT2D eigenvalue weighted by Gasteiger charge is 2.23. The van der Waals surface area contributed by atoms with E-state index in [1.54, 1.807) is 0 Å². The summed E-state index contributed by atoms with van der Waals surface area (Å²) < 4.78 is 22.5. The van der Waals surface area contributed by atoms with Gasteiger partial charge in [0.2, 0.25) is 0 Å². The average molecular weight is 287 g/mol. The minimum absolute atomic E-state index is 0.113. The molecule has 0 aromatic carbocycles. The van der Waals surface area contributed by atoms with Crippen LogP contribution in [0.15, 0.2) is 0 Å². The molecule has 0 amide bonds. The lowest BCUT2D eigenvalue weighted by Crippen LogP contribution is -2.33. The molecule has 0 bridgehead atoms.